The molecule has 0 bridgehead atoms. The zero-order valence-corrected chi connectivity index (χ0v) is 15.1. The van der Waals surface area contributed by atoms with Gasteiger partial charge in [0.15, 0.2) is 0 Å². The van der Waals surface area contributed by atoms with Crippen molar-refractivity contribution >= 4 is 22.7 Å². The molecule has 0 aliphatic carbocycles. The highest BCUT2D eigenvalue weighted by Crippen LogP contribution is 2.23. The van der Waals surface area contributed by atoms with Crippen LogP contribution in [0, 0.1) is 25.6 Å². The number of aryl methyl sites for hydroxylation is 2. The summed E-state index contributed by atoms with van der Waals surface area (Å²) < 4.78 is 20.7. The fourth-order valence-corrected chi connectivity index (χ4v) is 2.80. The molecule has 0 fully saturated rings. The SMILES string of the molecule is Cc1ccc(NC(=O)c2c(C)oc3ncn(CC(C)C)c(=O)c23)cc1F. The number of anilines is 1. The number of nitrogens with zero attached hydrogens (tertiary/aromatic N) is 2. The maximum absolute atomic E-state index is 13.7. The van der Waals surface area contributed by atoms with Gasteiger partial charge in [0.2, 0.25) is 5.71 Å². The first-order valence-electron chi connectivity index (χ1n) is 8.34. The van der Waals surface area contributed by atoms with Crippen LogP contribution in [0.4, 0.5) is 10.1 Å². The van der Waals surface area contributed by atoms with Crippen molar-refractivity contribution in [3.8, 4) is 0 Å². The molecule has 136 valence electrons. The van der Waals surface area contributed by atoms with Crippen molar-refractivity contribution in [2.24, 2.45) is 5.92 Å². The number of amides is 1. The largest absolute Gasteiger partial charge is 0.442 e. The first-order chi connectivity index (χ1) is 12.3. The molecule has 26 heavy (non-hydrogen) atoms. The summed E-state index contributed by atoms with van der Waals surface area (Å²) in [4.78, 5) is 29.6. The van der Waals surface area contributed by atoms with Crippen molar-refractivity contribution in [1.29, 1.82) is 0 Å². The predicted octanol–water partition coefficient (Wildman–Crippen LogP) is 3.65. The zero-order chi connectivity index (χ0) is 19.0. The molecule has 7 heteroatoms. The summed E-state index contributed by atoms with van der Waals surface area (Å²) in [6.45, 7) is 7.68. The molecule has 0 aliphatic rings. The fraction of sp³-hybridized carbons (Fsp3) is 0.316. The number of aromatic nitrogens is 2. The molecule has 3 aromatic rings. The summed E-state index contributed by atoms with van der Waals surface area (Å²) in [7, 11) is 0. The summed E-state index contributed by atoms with van der Waals surface area (Å²) in [6.07, 6.45) is 1.42. The number of nitrogens with one attached hydrogen (secondary N) is 1. The Bertz CT molecular complexity index is 1050. The van der Waals surface area contributed by atoms with Gasteiger partial charge in [0, 0.05) is 12.2 Å². The number of fused-ring (bicyclic) bond motifs is 1. The van der Waals surface area contributed by atoms with E-state index < -0.39 is 11.7 Å². The van der Waals surface area contributed by atoms with E-state index in [0.29, 0.717) is 17.8 Å². The van der Waals surface area contributed by atoms with Crippen molar-refractivity contribution in [2.45, 2.75) is 34.2 Å². The number of hydrogen-bond donors (Lipinski definition) is 1. The fourth-order valence-electron chi connectivity index (χ4n) is 2.80. The molecular formula is C19H20FN3O3. The lowest BCUT2D eigenvalue weighted by Crippen LogP contribution is -2.24. The van der Waals surface area contributed by atoms with Crippen LogP contribution < -0.4 is 10.9 Å². The van der Waals surface area contributed by atoms with E-state index in [1.807, 2.05) is 13.8 Å². The molecule has 0 radical (unpaired) electrons. The molecular weight excluding hydrogens is 337 g/mol. The Morgan fingerprint density at radius 3 is 2.73 bits per heavy atom. The minimum Gasteiger partial charge on any atom is -0.442 e. The smallest absolute Gasteiger partial charge is 0.265 e. The minimum absolute atomic E-state index is 0.118. The normalized spacial score (nSPS) is 11.3. The van der Waals surface area contributed by atoms with Crippen molar-refractivity contribution < 1.29 is 13.6 Å². The Morgan fingerprint density at radius 2 is 2.08 bits per heavy atom. The van der Waals surface area contributed by atoms with Crippen LogP contribution in [0.1, 0.15) is 35.5 Å². The van der Waals surface area contributed by atoms with Crippen LogP contribution >= 0.6 is 0 Å². The number of benzene rings is 1. The molecule has 0 saturated heterocycles. The van der Waals surface area contributed by atoms with Gasteiger partial charge < -0.3 is 9.73 Å². The van der Waals surface area contributed by atoms with Gasteiger partial charge in [-0.1, -0.05) is 19.9 Å². The molecule has 1 N–H and O–H groups in total. The van der Waals surface area contributed by atoms with Gasteiger partial charge in [-0.3, -0.25) is 14.2 Å². The van der Waals surface area contributed by atoms with Crippen molar-refractivity contribution in [3.63, 3.8) is 0 Å². The molecule has 6 nitrogen and oxygen atoms in total. The lowest BCUT2D eigenvalue weighted by molar-refractivity contribution is 0.102. The van der Waals surface area contributed by atoms with Crippen molar-refractivity contribution in [1.82, 2.24) is 9.55 Å². The molecule has 0 saturated carbocycles. The van der Waals surface area contributed by atoms with Gasteiger partial charge in [-0.05, 0) is 37.5 Å². The number of rotatable bonds is 4. The highest BCUT2D eigenvalue weighted by Gasteiger charge is 2.23. The quantitative estimate of drug-likeness (QED) is 0.773. The topological polar surface area (TPSA) is 77.1 Å². The first kappa shape index (κ1) is 17.8. The van der Waals surface area contributed by atoms with E-state index in [-0.39, 0.29) is 33.9 Å². The first-order valence-corrected chi connectivity index (χ1v) is 8.34. The average Bonchev–Trinajstić information content (AvgIpc) is 2.90. The third-order valence-electron chi connectivity index (χ3n) is 4.07. The Hall–Kier alpha value is -2.96. The van der Waals surface area contributed by atoms with E-state index in [4.69, 9.17) is 4.42 Å². The Labute approximate surface area is 149 Å². The Kier molecular flexibility index (Phi) is 4.63. The third kappa shape index (κ3) is 3.24. The second-order valence-corrected chi connectivity index (χ2v) is 6.73. The molecule has 1 amide bonds. The number of hydrogen-bond acceptors (Lipinski definition) is 4. The molecule has 0 unspecified atom stereocenters. The maximum Gasteiger partial charge on any atom is 0.265 e. The summed E-state index contributed by atoms with van der Waals surface area (Å²) in [6, 6.07) is 4.41. The maximum atomic E-state index is 13.7. The van der Waals surface area contributed by atoms with Gasteiger partial charge in [0.05, 0.1) is 5.56 Å². The van der Waals surface area contributed by atoms with E-state index in [1.165, 1.54) is 17.0 Å². The summed E-state index contributed by atoms with van der Waals surface area (Å²) in [5, 5.41) is 2.75. The second-order valence-electron chi connectivity index (χ2n) is 6.73. The highest BCUT2D eigenvalue weighted by molar-refractivity contribution is 6.12. The van der Waals surface area contributed by atoms with E-state index in [2.05, 4.69) is 10.3 Å². The van der Waals surface area contributed by atoms with Gasteiger partial charge in [0.1, 0.15) is 23.3 Å². The monoisotopic (exact) mass is 357 g/mol. The van der Waals surface area contributed by atoms with Gasteiger partial charge in [-0.25, -0.2) is 9.37 Å². The highest BCUT2D eigenvalue weighted by atomic mass is 19.1. The van der Waals surface area contributed by atoms with Crippen LogP contribution in [-0.2, 0) is 6.54 Å². The van der Waals surface area contributed by atoms with Crippen LogP contribution in [0.5, 0.6) is 0 Å². The number of halogens is 1. The Morgan fingerprint density at radius 1 is 1.35 bits per heavy atom. The van der Waals surface area contributed by atoms with Gasteiger partial charge in [0.25, 0.3) is 11.5 Å². The molecule has 3 rings (SSSR count). The molecule has 0 atom stereocenters. The minimum atomic E-state index is -0.536. The van der Waals surface area contributed by atoms with Crippen LogP contribution in [0.3, 0.4) is 0 Å². The zero-order valence-electron chi connectivity index (χ0n) is 15.1. The Balaban J connectivity index is 2.05. The molecule has 1 aromatic carbocycles. The molecule has 2 aromatic heterocycles. The van der Waals surface area contributed by atoms with Gasteiger partial charge in [-0.2, -0.15) is 0 Å². The van der Waals surface area contributed by atoms with Crippen molar-refractivity contribution in [2.75, 3.05) is 5.32 Å². The molecule has 0 aliphatic heterocycles. The third-order valence-corrected chi connectivity index (χ3v) is 4.07. The van der Waals surface area contributed by atoms with Crippen LogP contribution in [-0.4, -0.2) is 15.5 Å². The van der Waals surface area contributed by atoms with Crippen LogP contribution in [0.15, 0.2) is 33.7 Å². The van der Waals surface area contributed by atoms with Crippen LogP contribution in [0.2, 0.25) is 0 Å². The lowest BCUT2D eigenvalue weighted by Gasteiger charge is -2.08. The predicted molar refractivity (Wildman–Crippen MR) is 96.9 cm³/mol. The number of carbonyl (C=O) groups is 1. The standard InChI is InChI=1S/C19H20FN3O3/c1-10(2)8-23-9-21-18-16(19(23)25)15(12(4)26-18)17(24)22-13-6-5-11(3)14(20)7-13/h5-7,9-10H,8H2,1-4H3,(H,22,24). The van der Waals surface area contributed by atoms with Gasteiger partial charge in [-0.15, -0.1) is 0 Å². The van der Waals surface area contributed by atoms with Gasteiger partial charge >= 0.3 is 0 Å². The summed E-state index contributed by atoms with van der Waals surface area (Å²) >= 11 is 0. The van der Waals surface area contributed by atoms with E-state index in [1.54, 1.807) is 26.0 Å². The van der Waals surface area contributed by atoms with E-state index in [9.17, 15) is 14.0 Å². The second kappa shape index (κ2) is 6.74. The molecule has 0 spiro atoms. The summed E-state index contributed by atoms with van der Waals surface area (Å²) in [5.41, 5.74) is 0.692. The lowest BCUT2D eigenvalue weighted by atomic mass is 10.1. The number of furan rings is 1. The van der Waals surface area contributed by atoms with Crippen LogP contribution in [0.25, 0.3) is 11.1 Å². The average molecular weight is 357 g/mol. The summed E-state index contributed by atoms with van der Waals surface area (Å²) in [5.74, 6) is -0.423. The van der Waals surface area contributed by atoms with Crippen molar-refractivity contribution in [3.05, 3.63) is 57.6 Å². The number of carbonyl (C=O) groups excluding carboxylic acids is 1. The molecule has 2 heterocycles. The van der Waals surface area contributed by atoms with E-state index >= 15 is 0 Å². The van der Waals surface area contributed by atoms with E-state index in [0.717, 1.165) is 0 Å².